The number of benzene rings is 2. The van der Waals surface area contributed by atoms with Gasteiger partial charge >= 0.3 is 0 Å². The van der Waals surface area contributed by atoms with Crippen molar-refractivity contribution in [2.45, 2.75) is 13.5 Å². The van der Waals surface area contributed by atoms with Crippen LogP contribution in [-0.2, 0) is 6.54 Å². The molecule has 5 nitrogen and oxygen atoms in total. The van der Waals surface area contributed by atoms with Crippen molar-refractivity contribution in [1.29, 1.82) is 0 Å². The molecule has 0 bridgehead atoms. The summed E-state index contributed by atoms with van der Waals surface area (Å²) in [6.45, 7) is 5.56. The standard InChI is InChI=1S/C22H21ClN2O3/c1-15(26)16-2-5-19(6-3-16)25-10-8-24(9-11-25)13-17-14-28-21-7-4-18(23)12-20(21)22(17)27/h2-7,12,14H,8-11,13H2,1H3. The van der Waals surface area contributed by atoms with Crippen LogP contribution < -0.4 is 10.3 Å². The van der Waals surface area contributed by atoms with Crippen molar-refractivity contribution >= 4 is 34.0 Å². The SMILES string of the molecule is CC(=O)c1ccc(N2CCN(Cc3coc4ccc(Cl)cc4c3=O)CC2)cc1. The second-order valence-electron chi connectivity index (χ2n) is 7.10. The van der Waals surface area contributed by atoms with Crippen molar-refractivity contribution in [2.24, 2.45) is 0 Å². The molecule has 2 aromatic carbocycles. The van der Waals surface area contributed by atoms with E-state index in [2.05, 4.69) is 9.80 Å². The van der Waals surface area contributed by atoms with Crippen LogP contribution in [0.15, 0.2) is 57.9 Å². The van der Waals surface area contributed by atoms with E-state index in [1.165, 1.54) is 0 Å². The molecule has 1 aliphatic rings. The van der Waals surface area contributed by atoms with E-state index in [4.69, 9.17) is 16.0 Å². The van der Waals surface area contributed by atoms with Crippen LogP contribution in [0.2, 0.25) is 5.02 Å². The Morgan fingerprint density at radius 1 is 1.07 bits per heavy atom. The van der Waals surface area contributed by atoms with Gasteiger partial charge in [0.25, 0.3) is 0 Å². The van der Waals surface area contributed by atoms with Crippen LogP contribution in [0.3, 0.4) is 0 Å². The van der Waals surface area contributed by atoms with Gasteiger partial charge in [-0.25, -0.2) is 0 Å². The molecule has 1 aromatic heterocycles. The van der Waals surface area contributed by atoms with E-state index in [1.807, 2.05) is 24.3 Å². The molecule has 0 aliphatic carbocycles. The van der Waals surface area contributed by atoms with Gasteiger partial charge in [-0.3, -0.25) is 14.5 Å². The lowest BCUT2D eigenvalue weighted by Crippen LogP contribution is -2.46. The van der Waals surface area contributed by atoms with Gasteiger partial charge in [0.15, 0.2) is 11.2 Å². The van der Waals surface area contributed by atoms with Gasteiger partial charge in [-0.05, 0) is 49.4 Å². The lowest BCUT2D eigenvalue weighted by atomic mass is 10.1. The van der Waals surface area contributed by atoms with E-state index in [0.717, 1.165) is 37.4 Å². The van der Waals surface area contributed by atoms with Gasteiger partial charge in [0, 0.05) is 54.6 Å². The summed E-state index contributed by atoms with van der Waals surface area (Å²) in [6.07, 6.45) is 1.56. The number of carbonyl (C=O) groups excluding carboxylic acids is 1. The Kier molecular flexibility index (Phi) is 5.20. The van der Waals surface area contributed by atoms with Gasteiger partial charge in [0.05, 0.1) is 11.6 Å². The summed E-state index contributed by atoms with van der Waals surface area (Å²) < 4.78 is 5.62. The molecule has 144 valence electrons. The number of fused-ring (bicyclic) bond motifs is 1. The largest absolute Gasteiger partial charge is 0.464 e. The first kappa shape index (κ1) is 18.7. The first-order valence-corrected chi connectivity index (χ1v) is 9.67. The highest BCUT2D eigenvalue weighted by Gasteiger charge is 2.19. The molecule has 0 radical (unpaired) electrons. The maximum absolute atomic E-state index is 12.7. The number of nitrogens with zero attached hydrogens (tertiary/aromatic N) is 2. The first-order chi connectivity index (χ1) is 13.5. The number of hydrogen-bond donors (Lipinski definition) is 0. The Hall–Kier alpha value is -2.63. The topological polar surface area (TPSA) is 53.8 Å². The number of carbonyl (C=O) groups is 1. The van der Waals surface area contributed by atoms with E-state index >= 15 is 0 Å². The Morgan fingerprint density at radius 3 is 2.46 bits per heavy atom. The number of rotatable bonds is 4. The molecule has 4 rings (SSSR count). The lowest BCUT2D eigenvalue weighted by molar-refractivity contribution is 0.101. The van der Waals surface area contributed by atoms with E-state index in [9.17, 15) is 9.59 Å². The molecular weight excluding hydrogens is 376 g/mol. The minimum Gasteiger partial charge on any atom is -0.464 e. The molecule has 0 atom stereocenters. The van der Waals surface area contributed by atoms with Crippen molar-refractivity contribution in [2.75, 3.05) is 31.1 Å². The van der Waals surface area contributed by atoms with Crippen LogP contribution >= 0.6 is 11.6 Å². The second-order valence-corrected chi connectivity index (χ2v) is 7.53. The summed E-state index contributed by atoms with van der Waals surface area (Å²) >= 11 is 6.02. The molecule has 28 heavy (non-hydrogen) atoms. The van der Waals surface area contributed by atoms with E-state index in [1.54, 1.807) is 31.4 Å². The van der Waals surface area contributed by atoms with Gasteiger partial charge in [-0.1, -0.05) is 11.6 Å². The Labute approximate surface area is 168 Å². The highest BCUT2D eigenvalue weighted by molar-refractivity contribution is 6.31. The van der Waals surface area contributed by atoms with Gasteiger partial charge in [-0.2, -0.15) is 0 Å². The number of halogens is 1. The van der Waals surface area contributed by atoms with Crippen molar-refractivity contribution in [3.05, 3.63) is 75.1 Å². The molecular formula is C22H21ClN2O3. The zero-order valence-corrected chi connectivity index (χ0v) is 16.4. The summed E-state index contributed by atoms with van der Waals surface area (Å²) in [5, 5.41) is 1.05. The average Bonchev–Trinajstić information content (AvgIpc) is 2.71. The van der Waals surface area contributed by atoms with Crippen molar-refractivity contribution in [3.8, 4) is 0 Å². The first-order valence-electron chi connectivity index (χ1n) is 9.29. The predicted molar refractivity (Wildman–Crippen MR) is 111 cm³/mol. The number of Topliss-reactive ketones (excluding diaryl/α,β-unsaturated/α-hetero) is 1. The molecule has 0 N–H and O–H groups in total. The molecule has 1 aliphatic heterocycles. The van der Waals surface area contributed by atoms with E-state index < -0.39 is 0 Å². The molecule has 0 spiro atoms. The molecule has 0 amide bonds. The Morgan fingerprint density at radius 2 is 1.79 bits per heavy atom. The summed E-state index contributed by atoms with van der Waals surface area (Å²) in [4.78, 5) is 28.7. The molecule has 0 unspecified atom stereocenters. The molecule has 6 heteroatoms. The molecule has 2 heterocycles. The molecule has 1 fully saturated rings. The molecule has 3 aromatic rings. The number of hydrogen-bond acceptors (Lipinski definition) is 5. The summed E-state index contributed by atoms with van der Waals surface area (Å²) in [6, 6.07) is 12.8. The Balaban J connectivity index is 1.43. The summed E-state index contributed by atoms with van der Waals surface area (Å²) in [5.41, 5.74) is 3.02. The third-order valence-electron chi connectivity index (χ3n) is 5.21. The number of piperazine rings is 1. The molecule has 1 saturated heterocycles. The van der Waals surface area contributed by atoms with Gasteiger partial charge < -0.3 is 9.32 Å². The zero-order chi connectivity index (χ0) is 19.7. The quantitative estimate of drug-likeness (QED) is 0.624. The Bertz CT molecular complexity index is 1070. The fraction of sp³-hybridized carbons (Fsp3) is 0.273. The number of anilines is 1. The van der Waals surface area contributed by atoms with Gasteiger partial charge in [0.1, 0.15) is 5.58 Å². The van der Waals surface area contributed by atoms with Gasteiger partial charge in [-0.15, -0.1) is 0 Å². The van der Waals surface area contributed by atoms with Crippen molar-refractivity contribution in [1.82, 2.24) is 4.90 Å². The minimum absolute atomic E-state index is 0.0222. The van der Waals surface area contributed by atoms with Crippen LogP contribution in [0.4, 0.5) is 5.69 Å². The summed E-state index contributed by atoms with van der Waals surface area (Å²) in [7, 11) is 0. The van der Waals surface area contributed by atoms with E-state index in [0.29, 0.717) is 28.1 Å². The minimum atomic E-state index is -0.0222. The van der Waals surface area contributed by atoms with Crippen LogP contribution in [0.1, 0.15) is 22.8 Å². The third kappa shape index (κ3) is 3.81. The van der Waals surface area contributed by atoms with Crippen LogP contribution in [0.25, 0.3) is 11.0 Å². The lowest BCUT2D eigenvalue weighted by Gasteiger charge is -2.36. The normalized spacial score (nSPS) is 15.1. The highest BCUT2D eigenvalue weighted by atomic mass is 35.5. The monoisotopic (exact) mass is 396 g/mol. The summed E-state index contributed by atoms with van der Waals surface area (Å²) in [5.74, 6) is 0.0758. The third-order valence-corrected chi connectivity index (χ3v) is 5.45. The fourth-order valence-electron chi connectivity index (χ4n) is 3.56. The molecule has 0 saturated carbocycles. The maximum Gasteiger partial charge on any atom is 0.197 e. The fourth-order valence-corrected chi connectivity index (χ4v) is 3.74. The predicted octanol–water partition coefficient (Wildman–Crippen LogP) is 3.97. The van der Waals surface area contributed by atoms with Crippen LogP contribution in [-0.4, -0.2) is 36.9 Å². The van der Waals surface area contributed by atoms with Gasteiger partial charge in [0.2, 0.25) is 0 Å². The maximum atomic E-state index is 12.7. The second kappa shape index (κ2) is 7.78. The van der Waals surface area contributed by atoms with Crippen molar-refractivity contribution in [3.63, 3.8) is 0 Å². The van der Waals surface area contributed by atoms with Crippen molar-refractivity contribution < 1.29 is 9.21 Å². The highest BCUT2D eigenvalue weighted by Crippen LogP contribution is 2.20. The number of ketones is 1. The average molecular weight is 397 g/mol. The van der Waals surface area contributed by atoms with Crippen LogP contribution in [0, 0.1) is 0 Å². The zero-order valence-electron chi connectivity index (χ0n) is 15.7. The smallest absolute Gasteiger partial charge is 0.197 e. The van der Waals surface area contributed by atoms with E-state index in [-0.39, 0.29) is 11.2 Å². The van der Waals surface area contributed by atoms with Crippen LogP contribution in [0.5, 0.6) is 0 Å².